The number of halogens is 2. The zero-order chi connectivity index (χ0) is 8.27. The predicted molar refractivity (Wildman–Crippen MR) is 46.4 cm³/mol. The average Bonchev–Trinajstić information content (AvgIpc) is 2.04. The Morgan fingerprint density at radius 3 is 2.64 bits per heavy atom. The number of aldehydes is 1. The van der Waals surface area contributed by atoms with Crippen molar-refractivity contribution < 1.29 is 4.79 Å². The van der Waals surface area contributed by atoms with Gasteiger partial charge in [0, 0.05) is 11.4 Å². The molecule has 0 aliphatic heterocycles. The smallest absolute Gasteiger partial charge is 0.151 e. The minimum atomic E-state index is 0.314. The van der Waals surface area contributed by atoms with E-state index in [4.69, 9.17) is 23.2 Å². The molecule has 0 heterocycles. The molecular weight excluding hydrogens is 183 g/mol. The summed E-state index contributed by atoms with van der Waals surface area (Å²) in [6.07, 6.45) is 0.722. The standard InChI is InChI=1S/C8H6Cl2O/c9-4-6-2-1-3-8(10)7(6)5-11/h1-3,5H,4H2. The van der Waals surface area contributed by atoms with Crippen LogP contribution in [0.4, 0.5) is 0 Å². The Bertz CT molecular complexity index is 271. The third-order valence-corrected chi connectivity index (χ3v) is 2.02. The number of alkyl halides is 1. The SMILES string of the molecule is O=Cc1c(Cl)cccc1CCl. The van der Waals surface area contributed by atoms with Crippen molar-refractivity contribution in [2.45, 2.75) is 5.88 Å². The van der Waals surface area contributed by atoms with Crippen molar-refractivity contribution in [3.63, 3.8) is 0 Å². The molecule has 1 rings (SSSR count). The molecule has 0 radical (unpaired) electrons. The third-order valence-electron chi connectivity index (χ3n) is 1.41. The molecule has 0 aliphatic rings. The average molecular weight is 189 g/mol. The molecule has 0 aliphatic carbocycles. The Morgan fingerprint density at radius 2 is 2.18 bits per heavy atom. The highest BCUT2D eigenvalue weighted by Crippen LogP contribution is 2.19. The maximum atomic E-state index is 10.5. The molecule has 0 fully saturated rings. The van der Waals surface area contributed by atoms with Crippen LogP contribution >= 0.6 is 23.2 Å². The van der Waals surface area contributed by atoms with Crippen molar-refractivity contribution in [2.24, 2.45) is 0 Å². The summed E-state index contributed by atoms with van der Waals surface area (Å²) in [5.41, 5.74) is 1.26. The maximum Gasteiger partial charge on any atom is 0.151 e. The molecule has 1 aromatic rings. The van der Waals surface area contributed by atoms with E-state index in [1.807, 2.05) is 0 Å². The molecule has 3 heteroatoms. The molecule has 0 amide bonds. The first-order valence-corrected chi connectivity index (χ1v) is 3.99. The van der Waals surface area contributed by atoms with Gasteiger partial charge in [-0.2, -0.15) is 0 Å². The van der Waals surface area contributed by atoms with Crippen LogP contribution in [0.3, 0.4) is 0 Å². The zero-order valence-electron chi connectivity index (χ0n) is 5.68. The van der Waals surface area contributed by atoms with Crippen LogP contribution in [-0.4, -0.2) is 6.29 Å². The number of hydrogen-bond acceptors (Lipinski definition) is 1. The van der Waals surface area contributed by atoms with Gasteiger partial charge in [-0.05, 0) is 11.6 Å². The highest BCUT2D eigenvalue weighted by atomic mass is 35.5. The number of carbonyl (C=O) groups excluding carboxylic acids is 1. The van der Waals surface area contributed by atoms with Crippen molar-refractivity contribution in [3.8, 4) is 0 Å². The monoisotopic (exact) mass is 188 g/mol. The van der Waals surface area contributed by atoms with Crippen LogP contribution in [0.15, 0.2) is 18.2 Å². The highest BCUT2D eigenvalue weighted by molar-refractivity contribution is 6.33. The van der Waals surface area contributed by atoms with Crippen molar-refractivity contribution in [3.05, 3.63) is 34.3 Å². The lowest BCUT2D eigenvalue weighted by Gasteiger charge is -2.00. The third kappa shape index (κ3) is 1.73. The second-order valence-electron chi connectivity index (χ2n) is 2.06. The van der Waals surface area contributed by atoms with Crippen LogP contribution in [0.2, 0.25) is 5.02 Å². The molecule has 1 aromatic carbocycles. The van der Waals surface area contributed by atoms with Gasteiger partial charge in [-0.15, -0.1) is 11.6 Å². The molecule has 0 N–H and O–H groups in total. The van der Waals surface area contributed by atoms with Crippen molar-refractivity contribution in [1.29, 1.82) is 0 Å². The number of carbonyl (C=O) groups is 1. The molecule has 0 saturated carbocycles. The predicted octanol–water partition coefficient (Wildman–Crippen LogP) is 2.89. The van der Waals surface area contributed by atoms with E-state index in [2.05, 4.69) is 0 Å². The van der Waals surface area contributed by atoms with Gasteiger partial charge < -0.3 is 0 Å². The van der Waals surface area contributed by atoms with Crippen LogP contribution in [0, 0.1) is 0 Å². The fourth-order valence-electron chi connectivity index (χ4n) is 0.830. The van der Waals surface area contributed by atoms with Gasteiger partial charge in [-0.25, -0.2) is 0 Å². The molecule has 1 nitrogen and oxygen atoms in total. The summed E-state index contributed by atoms with van der Waals surface area (Å²) >= 11 is 11.3. The van der Waals surface area contributed by atoms with Gasteiger partial charge in [0.1, 0.15) is 0 Å². The van der Waals surface area contributed by atoms with Crippen LogP contribution in [0.25, 0.3) is 0 Å². The normalized spacial score (nSPS) is 9.64. The summed E-state index contributed by atoms with van der Waals surface area (Å²) in [5, 5.41) is 0.457. The zero-order valence-corrected chi connectivity index (χ0v) is 7.19. The van der Waals surface area contributed by atoms with Gasteiger partial charge in [0.25, 0.3) is 0 Å². The maximum absolute atomic E-state index is 10.5. The lowest BCUT2D eigenvalue weighted by atomic mass is 10.1. The molecule has 0 unspecified atom stereocenters. The fraction of sp³-hybridized carbons (Fsp3) is 0.125. The van der Waals surface area contributed by atoms with Gasteiger partial charge in [0.2, 0.25) is 0 Å². The summed E-state index contributed by atoms with van der Waals surface area (Å²) < 4.78 is 0. The van der Waals surface area contributed by atoms with E-state index in [1.54, 1.807) is 18.2 Å². The molecular formula is C8H6Cl2O. The summed E-state index contributed by atoms with van der Waals surface area (Å²) in [6, 6.07) is 5.22. The van der Waals surface area contributed by atoms with Crippen LogP contribution < -0.4 is 0 Å². The van der Waals surface area contributed by atoms with Crippen LogP contribution in [0.5, 0.6) is 0 Å². The first-order valence-electron chi connectivity index (χ1n) is 3.08. The van der Waals surface area contributed by atoms with E-state index >= 15 is 0 Å². The Kier molecular flexibility index (Phi) is 2.92. The van der Waals surface area contributed by atoms with Crippen LogP contribution in [-0.2, 0) is 5.88 Å². The van der Waals surface area contributed by atoms with E-state index in [0.29, 0.717) is 16.5 Å². The van der Waals surface area contributed by atoms with Crippen molar-refractivity contribution >= 4 is 29.5 Å². The topological polar surface area (TPSA) is 17.1 Å². The van der Waals surface area contributed by atoms with Crippen molar-refractivity contribution in [1.82, 2.24) is 0 Å². The molecule has 11 heavy (non-hydrogen) atoms. The van der Waals surface area contributed by atoms with E-state index in [9.17, 15) is 4.79 Å². The summed E-state index contributed by atoms with van der Waals surface area (Å²) in [6.45, 7) is 0. The number of benzene rings is 1. The van der Waals surface area contributed by atoms with Gasteiger partial charge in [0.15, 0.2) is 6.29 Å². The van der Waals surface area contributed by atoms with E-state index < -0.39 is 0 Å². The van der Waals surface area contributed by atoms with Gasteiger partial charge in [-0.1, -0.05) is 23.7 Å². The molecule has 0 atom stereocenters. The molecule has 0 aromatic heterocycles. The Labute approximate surface area is 74.9 Å². The van der Waals surface area contributed by atoms with Crippen molar-refractivity contribution in [2.75, 3.05) is 0 Å². The van der Waals surface area contributed by atoms with E-state index in [-0.39, 0.29) is 0 Å². The Morgan fingerprint density at radius 1 is 1.45 bits per heavy atom. The first-order chi connectivity index (χ1) is 5.29. The number of hydrogen-bond donors (Lipinski definition) is 0. The lowest BCUT2D eigenvalue weighted by molar-refractivity contribution is 0.112. The summed E-state index contributed by atoms with van der Waals surface area (Å²) in [7, 11) is 0. The summed E-state index contributed by atoms with van der Waals surface area (Å²) in [4.78, 5) is 10.5. The molecule has 58 valence electrons. The van der Waals surface area contributed by atoms with Gasteiger partial charge in [-0.3, -0.25) is 4.79 Å². The van der Waals surface area contributed by atoms with Gasteiger partial charge >= 0.3 is 0 Å². The van der Waals surface area contributed by atoms with Gasteiger partial charge in [0.05, 0.1) is 5.02 Å². The van der Waals surface area contributed by atoms with E-state index in [0.717, 1.165) is 11.8 Å². The largest absolute Gasteiger partial charge is 0.298 e. The Hall–Kier alpha value is -0.530. The first kappa shape index (κ1) is 8.57. The molecule has 0 saturated heterocycles. The molecule has 0 bridgehead atoms. The van der Waals surface area contributed by atoms with E-state index in [1.165, 1.54) is 0 Å². The molecule has 0 spiro atoms. The minimum absolute atomic E-state index is 0.314. The number of rotatable bonds is 2. The minimum Gasteiger partial charge on any atom is -0.298 e. The summed E-state index contributed by atoms with van der Waals surface area (Å²) in [5.74, 6) is 0.314. The quantitative estimate of drug-likeness (QED) is 0.516. The Balaban J connectivity index is 3.24. The fourth-order valence-corrected chi connectivity index (χ4v) is 1.30. The second-order valence-corrected chi connectivity index (χ2v) is 2.74. The highest BCUT2D eigenvalue weighted by Gasteiger charge is 2.03. The second kappa shape index (κ2) is 3.74. The lowest BCUT2D eigenvalue weighted by Crippen LogP contribution is -1.89. The van der Waals surface area contributed by atoms with Crippen LogP contribution in [0.1, 0.15) is 15.9 Å².